The third-order valence-corrected chi connectivity index (χ3v) is 12.9. The summed E-state index contributed by atoms with van der Waals surface area (Å²) in [6, 6.07) is 0. The fraction of sp³-hybridized carbons (Fsp3) is 0.804. The first-order valence-electron chi connectivity index (χ1n) is 29.8. The number of hydrogen-bond acceptors (Lipinski definition) is 23. The van der Waals surface area contributed by atoms with Gasteiger partial charge in [-0.2, -0.15) is 0 Å². The Kier molecular flexibility index (Phi) is 48.9. The summed E-state index contributed by atoms with van der Waals surface area (Å²) in [6.45, 7) is 4.74. The molecule has 91 heavy (non-hydrogen) atoms. The number of ether oxygens (including phenoxy) is 10. The van der Waals surface area contributed by atoms with Crippen molar-refractivity contribution >= 4 is 64.9 Å². The zero-order valence-electron chi connectivity index (χ0n) is 55.2. The number of Topliss-reactive ketones (excluding diaryl/α,β-unsaturated/α-hetero) is 1. The van der Waals surface area contributed by atoms with E-state index in [1.54, 1.807) is 0 Å². The number of amides is 10. The van der Waals surface area contributed by atoms with Crippen molar-refractivity contribution in [3.63, 3.8) is 0 Å². The number of hydrogen-bond donors (Lipinski definition) is 1. The molecule has 0 heterocycles. The summed E-state index contributed by atoms with van der Waals surface area (Å²) in [5, 5.41) is 3.37. The number of nitrogens with zero attached hydrogens (tertiary/aromatic N) is 13. The summed E-state index contributed by atoms with van der Waals surface area (Å²) < 4.78 is 54.5. The number of azide groups is 1. The van der Waals surface area contributed by atoms with Crippen molar-refractivity contribution in [3.05, 3.63) is 10.4 Å². The molecular weight excluding hydrogens is 1200 g/mol. The van der Waals surface area contributed by atoms with Gasteiger partial charge in [0, 0.05) is 108 Å². The number of nitrogens with two attached hydrogens (primary N) is 1. The number of carbonyl (C=O) groups is 11. The molecule has 0 aliphatic rings. The van der Waals surface area contributed by atoms with Crippen molar-refractivity contribution in [1.82, 2.24) is 49.0 Å². The molecule has 0 aromatic carbocycles. The van der Waals surface area contributed by atoms with E-state index in [0.29, 0.717) is 145 Å². The van der Waals surface area contributed by atoms with Crippen molar-refractivity contribution in [2.24, 2.45) is 10.8 Å². The molecule has 0 radical (unpaired) electrons. The average molecular weight is 1310 g/mol. The van der Waals surface area contributed by atoms with Gasteiger partial charge in [-0.1, -0.05) is 5.11 Å². The zero-order chi connectivity index (χ0) is 68.4. The molecule has 0 atom stereocenters. The van der Waals surface area contributed by atoms with E-state index in [4.69, 9.17) is 58.6 Å². The molecule has 0 bridgehead atoms. The molecule has 35 nitrogen and oxygen atoms in total. The van der Waals surface area contributed by atoms with E-state index in [9.17, 15) is 52.7 Å². The Bertz CT molecular complexity index is 2220. The minimum Gasteiger partial charge on any atom is -0.379 e. The van der Waals surface area contributed by atoms with Crippen LogP contribution in [0.25, 0.3) is 10.4 Å². The lowest BCUT2D eigenvalue weighted by atomic mass is 10.2. The predicted molar refractivity (Wildman–Crippen MR) is 326 cm³/mol. The summed E-state index contributed by atoms with van der Waals surface area (Å²) in [6.07, 6.45) is 0.658. The summed E-state index contributed by atoms with van der Waals surface area (Å²) >= 11 is 0. The molecular formula is C56H102N14O21. The SMILES string of the molecule is CN(CC(=O)CCCOCCOCCOCCOCCOCCOCCOCCOCCOCCOCCN=[N+]=[N-])C(=O)CN(C)C(=O)CN(C)C(=O)CN(C)C(=O)CN(C)C(=O)CN(C)C(=O)CN(C)C(=O)CN(C)C(=O)CN(C)C(=O)CN(C)C(=O)CCN. The van der Waals surface area contributed by atoms with Gasteiger partial charge in [0.25, 0.3) is 0 Å². The normalized spacial score (nSPS) is 10.8. The molecule has 0 aliphatic heterocycles. The molecule has 10 amide bonds. The molecule has 0 spiro atoms. The molecule has 0 saturated heterocycles. The van der Waals surface area contributed by atoms with Crippen LogP contribution in [0, 0.1) is 0 Å². The number of rotatable bonds is 56. The monoisotopic (exact) mass is 1310 g/mol. The highest BCUT2D eigenvalue weighted by Gasteiger charge is 2.27. The van der Waals surface area contributed by atoms with E-state index < -0.39 is 92.4 Å². The second-order valence-electron chi connectivity index (χ2n) is 20.8. The first-order chi connectivity index (χ1) is 43.4. The maximum absolute atomic E-state index is 13.0. The van der Waals surface area contributed by atoms with Gasteiger partial charge in [0.1, 0.15) is 0 Å². The van der Waals surface area contributed by atoms with Crippen LogP contribution < -0.4 is 5.73 Å². The summed E-state index contributed by atoms with van der Waals surface area (Å²) in [5.74, 6) is -5.80. The van der Waals surface area contributed by atoms with E-state index in [1.165, 1.54) is 80.3 Å². The lowest BCUT2D eigenvalue weighted by molar-refractivity contribution is -0.146. The molecule has 0 saturated carbocycles. The largest absolute Gasteiger partial charge is 0.379 e. The van der Waals surface area contributed by atoms with Crippen LogP contribution in [0.3, 0.4) is 0 Å². The number of ketones is 1. The van der Waals surface area contributed by atoms with E-state index in [0.717, 1.165) is 39.2 Å². The van der Waals surface area contributed by atoms with Gasteiger partial charge in [-0.15, -0.1) is 0 Å². The van der Waals surface area contributed by atoms with E-state index in [2.05, 4.69) is 10.0 Å². The second kappa shape index (κ2) is 52.8. The van der Waals surface area contributed by atoms with Crippen molar-refractivity contribution < 1.29 is 100 Å². The standard InChI is InChI=1S/C56H102N14O21/c1-61(36-46(71)12-11-16-82-18-20-84-22-24-86-26-28-88-30-32-90-34-35-91-33-31-89-29-27-87-25-23-85-21-19-83-17-15-59-60-58)48(73)38-63(3)50(75)40-65(5)52(77)42-67(7)54(79)44-69(9)56(81)45-70(10)55(80)43-68(8)53(78)41-66(6)51(76)39-64(4)49(74)37-62(2)47(72)13-14-57/h11-45,57H2,1-10H3. The first kappa shape index (κ1) is 84.2. The lowest BCUT2D eigenvalue weighted by Crippen LogP contribution is -2.49. The van der Waals surface area contributed by atoms with Gasteiger partial charge in [0.05, 0.1) is 191 Å². The van der Waals surface area contributed by atoms with Gasteiger partial charge in [-0.25, -0.2) is 0 Å². The minimum atomic E-state index is -0.632. The summed E-state index contributed by atoms with van der Waals surface area (Å²) in [5.41, 5.74) is 13.6. The Hall–Kier alpha value is -6.76. The Morgan fingerprint density at radius 3 is 0.681 bits per heavy atom. The van der Waals surface area contributed by atoms with E-state index in [1.807, 2.05) is 0 Å². The Morgan fingerprint density at radius 1 is 0.286 bits per heavy atom. The van der Waals surface area contributed by atoms with Gasteiger partial charge >= 0.3 is 0 Å². The van der Waals surface area contributed by atoms with Crippen LogP contribution in [0.15, 0.2) is 5.11 Å². The van der Waals surface area contributed by atoms with E-state index >= 15 is 0 Å². The van der Waals surface area contributed by atoms with Crippen molar-refractivity contribution in [3.8, 4) is 0 Å². The summed E-state index contributed by atoms with van der Waals surface area (Å²) in [7, 11) is 13.6. The molecule has 0 aromatic rings. The van der Waals surface area contributed by atoms with Crippen LogP contribution in [0.4, 0.5) is 0 Å². The zero-order valence-corrected chi connectivity index (χ0v) is 55.2. The highest BCUT2D eigenvalue weighted by atomic mass is 16.6. The fourth-order valence-corrected chi connectivity index (χ4v) is 7.05. The highest BCUT2D eigenvalue weighted by Crippen LogP contribution is 2.03. The maximum Gasteiger partial charge on any atom is 0.242 e. The summed E-state index contributed by atoms with van der Waals surface area (Å²) in [4.78, 5) is 154. The predicted octanol–water partition coefficient (Wildman–Crippen LogP) is -4.26. The number of carbonyl (C=O) groups excluding carboxylic acids is 11. The van der Waals surface area contributed by atoms with Gasteiger partial charge in [0.2, 0.25) is 59.1 Å². The van der Waals surface area contributed by atoms with Crippen LogP contribution in [-0.2, 0) is 100 Å². The molecule has 522 valence electrons. The molecule has 2 N–H and O–H groups in total. The van der Waals surface area contributed by atoms with Crippen molar-refractivity contribution in [1.29, 1.82) is 0 Å². The number of likely N-dealkylation sites (N-methyl/N-ethyl adjacent to an activating group) is 10. The molecule has 0 aliphatic carbocycles. The van der Waals surface area contributed by atoms with Crippen molar-refractivity contribution in [2.75, 3.05) is 281 Å². The minimum absolute atomic E-state index is 0.0625. The van der Waals surface area contributed by atoms with Gasteiger partial charge in [0.15, 0.2) is 5.78 Å². The van der Waals surface area contributed by atoms with Gasteiger partial charge < -0.3 is 102 Å². The first-order valence-corrected chi connectivity index (χ1v) is 29.8. The quantitative estimate of drug-likeness (QED) is 0.0261. The lowest BCUT2D eigenvalue weighted by Gasteiger charge is -2.27. The Morgan fingerprint density at radius 2 is 0.473 bits per heavy atom. The van der Waals surface area contributed by atoms with Crippen LogP contribution in [-0.4, -0.2) is 395 Å². The van der Waals surface area contributed by atoms with Crippen molar-refractivity contribution in [2.45, 2.75) is 19.3 Å². The molecule has 0 fully saturated rings. The topological polar surface area (TPSA) is 387 Å². The maximum atomic E-state index is 13.0. The molecule has 0 aromatic heterocycles. The van der Waals surface area contributed by atoms with Gasteiger partial charge in [-0.05, 0) is 12.0 Å². The van der Waals surface area contributed by atoms with Crippen LogP contribution in [0.2, 0.25) is 0 Å². The third-order valence-electron chi connectivity index (χ3n) is 12.9. The highest BCUT2D eigenvalue weighted by molar-refractivity contribution is 5.94. The third kappa shape index (κ3) is 43.6. The molecule has 0 rings (SSSR count). The van der Waals surface area contributed by atoms with Crippen LogP contribution in [0.5, 0.6) is 0 Å². The Labute approximate surface area is 534 Å². The van der Waals surface area contributed by atoms with Crippen LogP contribution in [0.1, 0.15) is 19.3 Å². The molecule has 0 unspecified atom stereocenters. The fourth-order valence-electron chi connectivity index (χ4n) is 7.05. The second-order valence-corrected chi connectivity index (χ2v) is 20.8. The smallest absolute Gasteiger partial charge is 0.242 e. The molecule has 35 heteroatoms. The van der Waals surface area contributed by atoms with Gasteiger partial charge in [-0.3, -0.25) is 52.7 Å². The average Bonchev–Trinajstić information content (AvgIpc) is 3.29. The Balaban J connectivity index is 4.17. The van der Waals surface area contributed by atoms with Crippen LogP contribution >= 0.6 is 0 Å². The van der Waals surface area contributed by atoms with E-state index in [-0.39, 0.29) is 57.3 Å².